The van der Waals surface area contributed by atoms with Crippen LogP contribution in [0.15, 0.2) is 0 Å². The van der Waals surface area contributed by atoms with Crippen molar-refractivity contribution in [1.29, 1.82) is 0 Å². The van der Waals surface area contributed by atoms with Gasteiger partial charge in [0.2, 0.25) is 11.8 Å². The highest BCUT2D eigenvalue weighted by atomic mass is 16.5. The minimum Gasteiger partial charge on any atom is -0.379 e. The summed E-state index contributed by atoms with van der Waals surface area (Å²) in [7, 11) is 1.65. The average Bonchev–Trinajstić information content (AvgIpc) is 2.29. The molecule has 18 heavy (non-hydrogen) atoms. The molecule has 1 rings (SSSR count). The van der Waals surface area contributed by atoms with E-state index in [9.17, 15) is 9.59 Å². The van der Waals surface area contributed by atoms with Crippen LogP contribution in [-0.2, 0) is 14.3 Å². The van der Waals surface area contributed by atoms with Gasteiger partial charge in [0.15, 0.2) is 0 Å². The first-order valence-electron chi connectivity index (χ1n) is 6.40. The summed E-state index contributed by atoms with van der Waals surface area (Å²) in [4.78, 5) is 25.4. The van der Waals surface area contributed by atoms with E-state index in [0.717, 1.165) is 0 Å². The lowest BCUT2D eigenvalue weighted by molar-refractivity contribution is -0.146. The SMILES string of the molecule is COC(C)(C)CCN1CC(=O)NC(C(C)C)C1=O. The van der Waals surface area contributed by atoms with E-state index >= 15 is 0 Å². The average molecular weight is 256 g/mol. The molecule has 1 unspecified atom stereocenters. The van der Waals surface area contributed by atoms with Gasteiger partial charge in [-0.1, -0.05) is 13.8 Å². The minimum absolute atomic E-state index is 0.0107. The fourth-order valence-electron chi connectivity index (χ4n) is 1.88. The minimum atomic E-state index is -0.392. The molecule has 0 saturated carbocycles. The number of hydrogen-bond acceptors (Lipinski definition) is 3. The van der Waals surface area contributed by atoms with Crippen LogP contribution in [0.25, 0.3) is 0 Å². The van der Waals surface area contributed by atoms with Crippen LogP contribution in [0, 0.1) is 5.92 Å². The van der Waals surface area contributed by atoms with E-state index in [1.807, 2.05) is 27.7 Å². The Labute approximate surface area is 109 Å². The smallest absolute Gasteiger partial charge is 0.245 e. The number of rotatable bonds is 5. The number of carbonyl (C=O) groups excluding carboxylic acids is 2. The van der Waals surface area contributed by atoms with Crippen molar-refractivity contribution in [3.63, 3.8) is 0 Å². The molecule has 0 aromatic heterocycles. The first-order valence-corrected chi connectivity index (χ1v) is 6.40. The van der Waals surface area contributed by atoms with Crippen LogP contribution in [0.3, 0.4) is 0 Å². The van der Waals surface area contributed by atoms with E-state index in [4.69, 9.17) is 4.74 Å². The van der Waals surface area contributed by atoms with E-state index < -0.39 is 6.04 Å². The number of piperazine rings is 1. The van der Waals surface area contributed by atoms with Crippen LogP contribution in [0.5, 0.6) is 0 Å². The summed E-state index contributed by atoms with van der Waals surface area (Å²) in [5.41, 5.74) is -0.276. The first-order chi connectivity index (χ1) is 8.26. The number of nitrogens with zero attached hydrogens (tertiary/aromatic N) is 1. The normalized spacial score (nSPS) is 21.4. The molecule has 1 atom stereocenters. The summed E-state index contributed by atoms with van der Waals surface area (Å²) in [5.74, 6) is 0.0414. The van der Waals surface area contributed by atoms with Crippen LogP contribution in [0.4, 0.5) is 0 Å². The summed E-state index contributed by atoms with van der Waals surface area (Å²) in [6, 6.07) is -0.392. The largest absolute Gasteiger partial charge is 0.379 e. The molecule has 0 radical (unpaired) electrons. The van der Waals surface area contributed by atoms with Gasteiger partial charge in [-0.15, -0.1) is 0 Å². The van der Waals surface area contributed by atoms with Crippen molar-refractivity contribution in [2.45, 2.75) is 45.8 Å². The second-order valence-electron chi connectivity index (χ2n) is 5.76. The summed E-state index contributed by atoms with van der Waals surface area (Å²) in [6.45, 7) is 8.53. The molecule has 5 heteroatoms. The monoisotopic (exact) mass is 256 g/mol. The molecule has 5 nitrogen and oxygen atoms in total. The molecule has 104 valence electrons. The van der Waals surface area contributed by atoms with Crippen molar-refractivity contribution < 1.29 is 14.3 Å². The molecule has 0 aromatic carbocycles. The van der Waals surface area contributed by atoms with Crippen LogP contribution in [0.2, 0.25) is 0 Å². The number of ether oxygens (including phenoxy) is 1. The topological polar surface area (TPSA) is 58.6 Å². The standard InChI is InChI=1S/C13H24N2O3/c1-9(2)11-12(17)15(8-10(16)14-11)7-6-13(3,4)18-5/h9,11H,6-8H2,1-5H3,(H,14,16). The van der Waals surface area contributed by atoms with E-state index in [0.29, 0.717) is 13.0 Å². The van der Waals surface area contributed by atoms with E-state index in [-0.39, 0.29) is 29.9 Å². The maximum Gasteiger partial charge on any atom is 0.245 e. The highest BCUT2D eigenvalue weighted by Gasteiger charge is 2.34. The zero-order valence-electron chi connectivity index (χ0n) is 11.9. The van der Waals surface area contributed by atoms with Crippen molar-refractivity contribution in [2.75, 3.05) is 20.2 Å². The molecule has 1 aliphatic rings. The number of hydrogen-bond donors (Lipinski definition) is 1. The zero-order valence-corrected chi connectivity index (χ0v) is 11.9. The van der Waals surface area contributed by atoms with Crippen molar-refractivity contribution in [1.82, 2.24) is 10.2 Å². The lowest BCUT2D eigenvalue weighted by Gasteiger charge is -2.36. The predicted molar refractivity (Wildman–Crippen MR) is 69.1 cm³/mol. The van der Waals surface area contributed by atoms with Gasteiger partial charge in [-0.2, -0.15) is 0 Å². The van der Waals surface area contributed by atoms with Gasteiger partial charge in [-0.25, -0.2) is 0 Å². The fourth-order valence-corrected chi connectivity index (χ4v) is 1.88. The first kappa shape index (κ1) is 15.0. The van der Waals surface area contributed by atoms with Gasteiger partial charge in [-0.3, -0.25) is 9.59 Å². The Morgan fingerprint density at radius 1 is 1.44 bits per heavy atom. The molecular formula is C13H24N2O3. The Hall–Kier alpha value is -1.10. The van der Waals surface area contributed by atoms with Crippen molar-refractivity contribution >= 4 is 11.8 Å². The van der Waals surface area contributed by atoms with Crippen LogP contribution in [-0.4, -0.2) is 48.6 Å². The molecule has 1 aliphatic heterocycles. The van der Waals surface area contributed by atoms with Gasteiger partial charge in [0.05, 0.1) is 12.1 Å². The van der Waals surface area contributed by atoms with Gasteiger partial charge in [0.1, 0.15) is 6.04 Å². The van der Waals surface area contributed by atoms with Crippen molar-refractivity contribution in [3.05, 3.63) is 0 Å². The highest BCUT2D eigenvalue weighted by molar-refractivity contribution is 5.94. The highest BCUT2D eigenvalue weighted by Crippen LogP contribution is 2.16. The third-order valence-corrected chi connectivity index (χ3v) is 3.43. The molecule has 1 heterocycles. The Balaban J connectivity index is 2.64. The van der Waals surface area contributed by atoms with Gasteiger partial charge < -0.3 is 15.0 Å². The Morgan fingerprint density at radius 2 is 2.06 bits per heavy atom. The number of nitrogens with one attached hydrogen (secondary N) is 1. The second-order valence-corrected chi connectivity index (χ2v) is 5.76. The molecule has 0 aliphatic carbocycles. The Bertz CT molecular complexity index is 326. The molecular weight excluding hydrogens is 232 g/mol. The molecule has 1 saturated heterocycles. The third-order valence-electron chi connectivity index (χ3n) is 3.43. The van der Waals surface area contributed by atoms with Gasteiger partial charge >= 0.3 is 0 Å². The van der Waals surface area contributed by atoms with Gasteiger partial charge in [0.25, 0.3) is 0 Å². The molecule has 0 aromatic rings. The van der Waals surface area contributed by atoms with E-state index in [1.54, 1.807) is 12.0 Å². The fraction of sp³-hybridized carbons (Fsp3) is 0.846. The van der Waals surface area contributed by atoms with Crippen molar-refractivity contribution in [3.8, 4) is 0 Å². The molecule has 0 bridgehead atoms. The van der Waals surface area contributed by atoms with Crippen LogP contribution in [0.1, 0.15) is 34.1 Å². The van der Waals surface area contributed by atoms with Crippen LogP contribution >= 0.6 is 0 Å². The number of amides is 2. The van der Waals surface area contributed by atoms with Gasteiger partial charge in [0, 0.05) is 13.7 Å². The van der Waals surface area contributed by atoms with Crippen LogP contribution < -0.4 is 5.32 Å². The van der Waals surface area contributed by atoms with Gasteiger partial charge in [-0.05, 0) is 26.2 Å². The maximum absolute atomic E-state index is 12.2. The molecule has 0 spiro atoms. The predicted octanol–water partition coefficient (Wildman–Crippen LogP) is 0.784. The Morgan fingerprint density at radius 3 is 2.56 bits per heavy atom. The lowest BCUT2D eigenvalue weighted by atomic mass is 9.99. The second kappa shape index (κ2) is 5.69. The summed E-state index contributed by atoms with van der Waals surface area (Å²) in [5, 5.41) is 2.75. The molecule has 2 amide bonds. The summed E-state index contributed by atoms with van der Waals surface area (Å²) in [6.07, 6.45) is 0.716. The van der Waals surface area contributed by atoms with E-state index in [2.05, 4.69) is 5.32 Å². The molecule has 1 fully saturated rings. The zero-order chi connectivity index (χ0) is 13.9. The number of carbonyl (C=O) groups is 2. The Kier molecular flexibility index (Phi) is 4.73. The van der Waals surface area contributed by atoms with Crippen molar-refractivity contribution in [2.24, 2.45) is 5.92 Å². The molecule has 1 N–H and O–H groups in total. The lowest BCUT2D eigenvalue weighted by Crippen LogP contribution is -2.60. The summed E-state index contributed by atoms with van der Waals surface area (Å²) >= 11 is 0. The quantitative estimate of drug-likeness (QED) is 0.791. The third kappa shape index (κ3) is 3.70. The number of methoxy groups -OCH3 is 1. The van der Waals surface area contributed by atoms with E-state index in [1.165, 1.54) is 0 Å². The maximum atomic E-state index is 12.2. The summed E-state index contributed by atoms with van der Waals surface area (Å²) < 4.78 is 5.33.